The molecule has 3 N–H and O–H groups in total. The predicted molar refractivity (Wildman–Crippen MR) is 73.0 cm³/mol. The Labute approximate surface area is 108 Å². The lowest BCUT2D eigenvalue weighted by Gasteiger charge is -2.31. The molecule has 1 aliphatic heterocycles. The van der Waals surface area contributed by atoms with Crippen LogP contribution in [0.3, 0.4) is 0 Å². The lowest BCUT2D eigenvalue weighted by molar-refractivity contribution is -0.129. The number of nitrogens with one attached hydrogen (secondary N) is 1. The number of hydrogen-bond donors (Lipinski definition) is 2. The van der Waals surface area contributed by atoms with Crippen molar-refractivity contribution >= 4 is 11.6 Å². The number of piperidine rings is 1. The molecule has 0 bridgehead atoms. The highest BCUT2D eigenvalue weighted by molar-refractivity contribution is 5.73. The molecule has 1 heterocycles. The first kappa shape index (κ1) is 12.9. The number of likely N-dealkylation sites (tertiary alicyclic amines) is 1. The normalized spacial score (nSPS) is 16.8. The van der Waals surface area contributed by atoms with Gasteiger partial charge in [0.2, 0.25) is 5.91 Å². The lowest BCUT2D eigenvalue weighted by atomic mass is 10.0. The van der Waals surface area contributed by atoms with Crippen LogP contribution in [0.25, 0.3) is 0 Å². The van der Waals surface area contributed by atoms with Crippen molar-refractivity contribution in [3.8, 4) is 0 Å². The molecule has 0 spiro atoms. The third kappa shape index (κ3) is 3.47. The summed E-state index contributed by atoms with van der Waals surface area (Å²) in [6.07, 6.45) is 2.07. The largest absolute Gasteiger partial charge is 0.399 e. The topological polar surface area (TPSA) is 58.4 Å². The first-order chi connectivity index (χ1) is 8.65. The quantitative estimate of drug-likeness (QED) is 0.793. The number of anilines is 1. The molecule has 1 fully saturated rings. The van der Waals surface area contributed by atoms with Gasteiger partial charge in [-0.3, -0.25) is 4.79 Å². The van der Waals surface area contributed by atoms with Crippen LogP contribution < -0.4 is 11.1 Å². The molecule has 0 atom stereocenters. The van der Waals surface area contributed by atoms with Gasteiger partial charge in [-0.2, -0.15) is 0 Å². The maximum Gasteiger partial charge on any atom is 0.219 e. The van der Waals surface area contributed by atoms with E-state index in [1.54, 1.807) is 6.92 Å². The van der Waals surface area contributed by atoms with Crippen LogP contribution in [0.15, 0.2) is 24.3 Å². The minimum absolute atomic E-state index is 0.187. The Hall–Kier alpha value is -1.55. The Balaban J connectivity index is 1.75. The van der Waals surface area contributed by atoms with Crippen LogP contribution in [0.4, 0.5) is 5.69 Å². The van der Waals surface area contributed by atoms with Crippen molar-refractivity contribution in [2.75, 3.05) is 18.8 Å². The van der Waals surface area contributed by atoms with Gasteiger partial charge in [0, 0.05) is 38.3 Å². The number of nitrogens with zero attached hydrogens (tertiary/aromatic N) is 1. The van der Waals surface area contributed by atoms with E-state index in [9.17, 15) is 4.79 Å². The Morgan fingerprint density at radius 3 is 2.50 bits per heavy atom. The molecule has 0 saturated carbocycles. The Morgan fingerprint density at radius 2 is 1.94 bits per heavy atom. The number of carbonyl (C=O) groups excluding carboxylic acids is 1. The Bertz CT molecular complexity index is 394. The van der Waals surface area contributed by atoms with Gasteiger partial charge in [-0.25, -0.2) is 0 Å². The summed E-state index contributed by atoms with van der Waals surface area (Å²) in [7, 11) is 0. The molecular formula is C14H21N3O. The number of hydrogen-bond acceptors (Lipinski definition) is 3. The van der Waals surface area contributed by atoms with Crippen molar-refractivity contribution in [3.63, 3.8) is 0 Å². The van der Waals surface area contributed by atoms with Gasteiger partial charge in [-0.05, 0) is 30.5 Å². The van der Waals surface area contributed by atoms with E-state index in [0.29, 0.717) is 6.04 Å². The van der Waals surface area contributed by atoms with Crippen molar-refractivity contribution in [3.05, 3.63) is 29.8 Å². The molecule has 0 aromatic heterocycles. The van der Waals surface area contributed by atoms with Gasteiger partial charge < -0.3 is 16.0 Å². The monoisotopic (exact) mass is 247 g/mol. The third-order valence-electron chi connectivity index (χ3n) is 3.51. The fourth-order valence-electron chi connectivity index (χ4n) is 2.30. The molecule has 2 rings (SSSR count). The maximum absolute atomic E-state index is 11.2. The van der Waals surface area contributed by atoms with Crippen LogP contribution >= 0.6 is 0 Å². The van der Waals surface area contributed by atoms with E-state index in [4.69, 9.17) is 5.73 Å². The molecule has 1 aromatic carbocycles. The summed E-state index contributed by atoms with van der Waals surface area (Å²) in [4.78, 5) is 13.1. The molecule has 4 nitrogen and oxygen atoms in total. The predicted octanol–water partition coefficient (Wildman–Crippen LogP) is 1.37. The minimum Gasteiger partial charge on any atom is -0.399 e. The highest BCUT2D eigenvalue weighted by atomic mass is 16.2. The molecule has 0 unspecified atom stereocenters. The van der Waals surface area contributed by atoms with Crippen molar-refractivity contribution < 1.29 is 4.79 Å². The molecule has 98 valence electrons. The molecule has 0 aliphatic carbocycles. The second kappa shape index (κ2) is 5.87. The van der Waals surface area contributed by atoms with Gasteiger partial charge in [0.1, 0.15) is 0 Å². The van der Waals surface area contributed by atoms with E-state index in [0.717, 1.165) is 38.2 Å². The zero-order chi connectivity index (χ0) is 13.0. The van der Waals surface area contributed by atoms with Crippen LogP contribution in [0.1, 0.15) is 25.3 Å². The first-order valence-corrected chi connectivity index (χ1v) is 6.48. The first-order valence-electron chi connectivity index (χ1n) is 6.48. The third-order valence-corrected chi connectivity index (χ3v) is 3.51. The van der Waals surface area contributed by atoms with Crippen LogP contribution in [0.2, 0.25) is 0 Å². The second-order valence-electron chi connectivity index (χ2n) is 4.90. The standard InChI is InChI=1S/C14H21N3O/c1-11(18)17-8-6-14(7-9-17)16-10-12-2-4-13(15)5-3-12/h2-5,14,16H,6-10,15H2,1H3. The number of rotatable bonds is 3. The number of amides is 1. The van der Waals surface area contributed by atoms with Gasteiger partial charge in [0.05, 0.1) is 0 Å². The SMILES string of the molecule is CC(=O)N1CCC(NCc2ccc(N)cc2)CC1. The summed E-state index contributed by atoms with van der Waals surface area (Å²) in [5.41, 5.74) is 7.70. The molecule has 0 radical (unpaired) electrons. The smallest absolute Gasteiger partial charge is 0.219 e. The fraction of sp³-hybridized carbons (Fsp3) is 0.500. The summed E-state index contributed by atoms with van der Waals surface area (Å²) in [6.45, 7) is 4.25. The second-order valence-corrected chi connectivity index (χ2v) is 4.90. The van der Waals surface area contributed by atoms with Crippen LogP contribution in [-0.4, -0.2) is 29.9 Å². The Morgan fingerprint density at radius 1 is 1.33 bits per heavy atom. The van der Waals surface area contributed by atoms with Gasteiger partial charge >= 0.3 is 0 Å². The lowest BCUT2D eigenvalue weighted by Crippen LogP contribution is -2.43. The van der Waals surface area contributed by atoms with Crippen LogP contribution in [0, 0.1) is 0 Å². The molecular weight excluding hydrogens is 226 g/mol. The van der Waals surface area contributed by atoms with Crippen molar-refractivity contribution in [2.24, 2.45) is 0 Å². The van der Waals surface area contributed by atoms with Gasteiger partial charge in [-0.15, -0.1) is 0 Å². The summed E-state index contributed by atoms with van der Waals surface area (Å²) >= 11 is 0. The summed E-state index contributed by atoms with van der Waals surface area (Å²) in [5, 5.41) is 3.54. The Kier molecular flexibility index (Phi) is 4.20. The van der Waals surface area contributed by atoms with E-state index in [2.05, 4.69) is 5.32 Å². The van der Waals surface area contributed by atoms with Gasteiger partial charge in [0.25, 0.3) is 0 Å². The summed E-state index contributed by atoms with van der Waals surface area (Å²) in [6, 6.07) is 8.46. The van der Waals surface area contributed by atoms with Gasteiger partial charge in [-0.1, -0.05) is 12.1 Å². The van der Waals surface area contributed by atoms with E-state index >= 15 is 0 Å². The van der Waals surface area contributed by atoms with Gasteiger partial charge in [0.15, 0.2) is 0 Å². The van der Waals surface area contributed by atoms with E-state index < -0.39 is 0 Å². The number of nitrogens with two attached hydrogens (primary N) is 1. The van der Waals surface area contributed by atoms with Crippen molar-refractivity contribution in [2.45, 2.75) is 32.4 Å². The minimum atomic E-state index is 0.187. The molecule has 1 amide bonds. The summed E-state index contributed by atoms with van der Waals surface area (Å²) in [5.74, 6) is 0.187. The van der Waals surface area contributed by atoms with E-state index in [-0.39, 0.29) is 5.91 Å². The van der Waals surface area contributed by atoms with E-state index in [1.165, 1.54) is 5.56 Å². The highest BCUT2D eigenvalue weighted by Gasteiger charge is 2.19. The molecule has 4 heteroatoms. The van der Waals surface area contributed by atoms with Crippen LogP contribution in [-0.2, 0) is 11.3 Å². The average Bonchev–Trinajstić information content (AvgIpc) is 2.38. The molecule has 1 saturated heterocycles. The van der Waals surface area contributed by atoms with Crippen LogP contribution in [0.5, 0.6) is 0 Å². The average molecular weight is 247 g/mol. The fourth-order valence-corrected chi connectivity index (χ4v) is 2.30. The zero-order valence-electron chi connectivity index (χ0n) is 10.9. The molecule has 1 aliphatic rings. The zero-order valence-corrected chi connectivity index (χ0v) is 10.9. The van der Waals surface area contributed by atoms with Crippen molar-refractivity contribution in [1.29, 1.82) is 0 Å². The highest BCUT2D eigenvalue weighted by Crippen LogP contribution is 2.12. The number of benzene rings is 1. The van der Waals surface area contributed by atoms with Crippen molar-refractivity contribution in [1.82, 2.24) is 10.2 Å². The molecule has 1 aromatic rings. The number of carbonyl (C=O) groups is 1. The number of nitrogen functional groups attached to an aromatic ring is 1. The molecule has 18 heavy (non-hydrogen) atoms. The van der Waals surface area contributed by atoms with E-state index in [1.807, 2.05) is 29.2 Å². The maximum atomic E-state index is 11.2. The summed E-state index contributed by atoms with van der Waals surface area (Å²) < 4.78 is 0.